The van der Waals surface area contributed by atoms with Gasteiger partial charge in [0.25, 0.3) is 5.91 Å². The van der Waals surface area contributed by atoms with Gasteiger partial charge >= 0.3 is 6.03 Å². The van der Waals surface area contributed by atoms with Crippen LogP contribution in [-0.4, -0.2) is 35.9 Å². The van der Waals surface area contributed by atoms with E-state index in [1.165, 1.54) is 4.90 Å². The quantitative estimate of drug-likeness (QED) is 0.514. The second-order valence-electron chi connectivity index (χ2n) is 7.54. The van der Waals surface area contributed by atoms with Crippen LogP contribution in [0.15, 0.2) is 78.9 Å². The lowest BCUT2D eigenvalue weighted by atomic mass is 10.1. The number of halogens is 1. The van der Waals surface area contributed by atoms with Gasteiger partial charge in [0, 0.05) is 17.3 Å². The molecule has 1 saturated heterocycles. The van der Waals surface area contributed by atoms with E-state index in [0.29, 0.717) is 22.1 Å². The molecule has 1 atom stereocenters. The highest BCUT2D eigenvalue weighted by molar-refractivity contribution is 6.30. The normalized spacial score (nSPS) is 15.6. The van der Waals surface area contributed by atoms with Gasteiger partial charge in [-0.2, -0.15) is 0 Å². The van der Waals surface area contributed by atoms with Crippen molar-refractivity contribution >= 4 is 40.8 Å². The molecule has 1 N–H and O–H groups in total. The van der Waals surface area contributed by atoms with E-state index in [0.717, 1.165) is 10.5 Å². The van der Waals surface area contributed by atoms with Gasteiger partial charge in [-0.15, -0.1) is 0 Å². The molecule has 0 spiro atoms. The maximum atomic E-state index is 13.3. The number of hydrogen-bond acceptors (Lipinski definition) is 4. The standard InChI is InChI=1S/C25H22ClN3O4/c1-33-21-13-7-17(8-14-21)16-28-22(15-23(30)27-19-5-3-2-4-6-19)24(31)29(25(28)32)20-11-9-18(26)10-12-20/h2-14,22H,15-16H2,1H3,(H,27,30)/t22-/m1/s1. The number of methoxy groups -OCH3 is 1. The van der Waals surface area contributed by atoms with Crippen LogP contribution in [0.5, 0.6) is 5.75 Å². The molecule has 1 fully saturated rings. The van der Waals surface area contributed by atoms with Gasteiger partial charge in [-0.05, 0) is 54.1 Å². The lowest BCUT2D eigenvalue weighted by Crippen LogP contribution is -2.37. The predicted octanol–water partition coefficient (Wildman–Crippen LogP) is 4.71. The van der Waals surface area contributed by atoms with Crippen LogP contribution in [0.1, 0.15) is 12.0 Å². The maximum absolute atomic E-state index is 13.3. The second kappa shape index (κ2) is 9.75. The number of rotatable bonds is 7. The van der Waals surface area contributed by atoms with Crippen molar-refractivity contribution in [3.63, 3.8) is 0 Å². The van der Waals surface area contributed by atoms with Gasteiger partial charge in [-0.3, -0.25) is 9.59 Å². The number of anilines is 2. The van der Waals surface area contributed by atoms with Crippen LogP contribution in [0.25, 0.3) is 0 Å². The number of hydrogen-bond donors (Lipinski definition) is 1. The third-order valence-electron chi connectivity index (χ3n) is 5.35. The summed E-state index contributed by atoms with van der Waals surface area (Å²) in [4.78, 5) is 41.9. The monoisotopic (exact) mass is 463 g/mol. The zero-order valence-corrected chi connectivity index (χ0v) is 18.7. The van der Waals surface area contributed by atoms with Gasteiger partial charge in [0.1, 0.15) is 11.8 Å². The van der Waals surface area contributed by atoms with E-state index >= 15 is 0 Å². The molecular formula is C25H22ClN3O4. The number of nitrogens with zero attached hydrogens (tertiary/aromatic N) is 2. The Morgan fingerprint density at radius 3 is 2.27 bits per heavy atom. The van der Waals surface area contributed by atoms with Crippen LogP contribution in [-0.2, 0) is 16.1 Å². The number of benzene rings is 3. The first kappa shape index (κ1) is 22.4. The highest BCUT2D eigenvalue weighted by Gasteiger charge is 2.46. The molecule has 0 aromatic heterocycles. The molecule has 4 amide bonds. The van der Waals surface area contributed by atoms with Crippen molar-refractivity contribution in [2.75, 3.05) is 17.3 Å². The van der Waals surface area contributed by atoms with E-state index in [-0.39, 0.29) is 18.9 Å². The number of imide groups is 1. The van der Waals surface area contributed by atoms with Crippen LogP contribution >= 0.6 is 11.6 Å². The Morgan fingerprint density at radius 2 is 1.64 bits per heavy atom. The largest absolute Gasteiger partial charge is 0.497 e. The van der Waals surface area contributed by atoms with Gasteiger partial charge in [0.2, 0.25) is 5.91 Å². The minimum absolute atomic E-state index is 0.167. The summed E-state index contributed by atoms with van der Waals surface area (Å²) in [6.45, 7) is 0.169. The molecule has 0 unspecified atom stereocenters. The van der Waals surface area contributed by atoms with Gasteiger partial charge < -0.3 is 15.0 Å². The van der Waals surface area contributed by atoms with Gasteiger partial charge in [0.05, 0.1) is 19.2 Å². The Hall–Kier alpha value is -3.84. The van der Waals surface area contributed by atoms with E-state index in [2.05, 4.69) is 5.32 Å². The summed E-state index contributed by atoms with van der Waals surface area (Å²) in [5, 5.41) is 3.28. The molecule has 3 aromatic carbocycles. The van der Waals surface area contributed by atoms with Gasteiger partial charge in [0.15, 0.2) is 0 Å². The van der Waals surface area contributed by atoms with Crippen molar-refractivity contribution < 1.29 is 19.1 Å². The first-order valence-electron chi connectivity index (χ1n) is 10.3. The molecule has 0 bridgehead atoms. The van der Waals surface area contributed by atoms with Crippen molar-refractivity contribution in [1.82, 2.24) is 4.90 Å². The Balaban J connectivity index is 1.60. The number of urea groups is 1. The van der Waals surface area contributed by atoms with Crippen molar-refractivity contribution in [2.45, 2.75) is 19.0 Å². The average Bonchev–Trinajstić information content (AvgIpc) is 3.05. The van der Waals surface area contributed by atoms with Crippen LogP contribution in [0.3, 0.4) is 0 Å². The summed E-state index contributed by atoms with van der Waals surface area (Å²) in [6, 6.07) is 21.2. The second-order valence-corrected chi connectivity index (χ2v) is 7.98. The third-order valence-corrected chi connectivity index (χ3v) is 5.60. The zero-order chi connectivity index (χ0) is 23.4. The molecule has 1 heterocycles. The molecule has 8 heteroatoms. The Morgan fingerprint density at radius 1 is 0.970 bits per heavy atom. The third kappa shape index (κ3) is 4.99. The molecule has 3 aromatic rings. The van der Waals surface area contributed by atoms with Gasteiger partial charge in [-0.25, -0.2) is 9.69 Å². The number of amides is 4. The fourth-order valence-corrected chi connectivity index (χ4v) is 3.80. The van der Waals surface area contributed by atoms with Crippen molar-refractivity contribution in [1.29, 1.82) is 0 Å². The smallest absolute Gasteiger partial charge is 0.332 e. The Bertz CT molecular complexity index is 1150. The van der Waals surface area contributed by atoms with Crippen molar-refractivity contribution in [3.05, 3.63) is 89.4 Å². The first-order valence-corrected chi connectivity index (χ1v) is 10.7. The molecular weight excluding hydrogens is 442 g/mol. The average molecular weight is 464 g/mol. The predicted molar refractivity (Wildman–Crippen MR) is 126 cm³/mol. The first-order chi connectivity index (χ1) is 16.0. The number of carbonyl (C=O) groups excluding carboxylic acids is 3. The highest BCUT2D eigenvalue weighted by Crippen LogP contribution is 2.29. The van der Waals surface area contributed by atoms with E-state index in [1.54, 1.807) is 67.8 Å². The molecule has 0 saturated carbocycles. The number of para-hydroxylation sites is 1. The lowest BCUT2D eigenvalue weighted by molar-refractivity contribution is -0.124. The molecule has 7 nitrogen and oxygen atoms in total. The topological polar surface area (TPSA) is 79.0 Å². The van der Waals surface area contributed by atoms with E-state index in [4.69, 9.17) is 16.3 Å². The molecule has 0 radical (unpaired) electrons. The lowest BCUT2D eigenvalue weighted by Gasteiger charge is -2.22. The molecule has 33 heavy (non-hydrogen) atoms. The summed E-state index contributed by atoms with van der Waals surface area (Å²) in [6.07, 6.45) is -0.167. The summed E-state index contributed by atoms with van der Waals surface area (Å²) in [5.74, 6) is -0.131. The number of nitrogens with one attached hydrogen (secondary N) is 1. The fraction of sp³-hybridized carbons (Fsp3) is 0.160. The molecule has 1 aliphatic heterocycles. The Labute approximate surface area is 196 Å². The molecule has 4 rings (SSSR count). The fourth-order valence-electron chi connectivity index (χ4n) is 3.68. The number of carbonyl (C=O) groups is 3. The summed E-state index contributed by atoms with van der Waals surface area (Å²) < 4.78 is 5.19. The van der Waals surface area contributed by atoms with E-state index < -0.39 is 18.0 Å². The minimum atomic E-state index is -0.945. The highest BCUT2D eigenvalue weighted by atomic mass is 35.5. The van der Waals surface area contributed by atoms with Crippen molar-refractivity contribution in [2.24, 2.45) is 0 Å². The van der Waals surface area contributed by atoms with E-state index in [9.17, 15) is 14.4 Å². The van der Waals surface area contributed by atoms with Crippen molar-refractivity contribution in [3.8, 4) is 5.75 Å². The van der Waals surface area contributed by atoms with Gasteiger partial charge in [-0.1, -0.05) is 41.9 Å². The Kier molecular flexibility index (Phi) is 6.60. The van der Waals surface area contributed by atoms with Crippen LogP contribution in [0.2, 0.25) is 5.02 Å². The molecule has 168 valence electrons. The number of ether oxygens (including phenoxy) is 1. The summed E-state index contributed by atoms with van der Waals surface area (Å²) >= 11 is 5.96. The van der Waals surface area contributed by atoms with E-state index in [1.807, 2.05) is 18.2 Å². The summed E-state index contributed by atoms with van der Waals surface area (Å²) in [7, 11) is 1.57. The molecule has 1 aliphatic rings. The maximum Gasteiger partial charge on any atom is 0.332 e. The van der Waals surface area contributed by atoms with Crippen LogP contribution < -0.4 is 15.0 Å². The SMILES string of the molecule is COc1ccc(CN2C(=O)N(c3ccc(Cl)cc3)C(=O)[C@H]2CC(=O)Nc2ccccc2)cc1. The molecule has 0 aliphatic carbocycles. The van der Waals surface area contributed by atoms with Crippen LogP contribution in [0, 0.1) is 0 Å². The van der Waals surface area contributed by atoms with Crippen LogP contribution in [0.4, 0.5) is 16.2 Å². The summed E-state index contributed by atoms with van der Waals surface area (Å²) in [5.41, 5.74) is 1.83. The minimum Gasteiger partial charge on any atom is -0.497 e. The zero-order valence-electron chi connectivity index (χ0n) is 17.9.